The van der Waals surface area contributed by atoms with Gasteiger partial charge in [-0.15, -0.1) is 0 Å². The van der Waals surface area contributed by atoms with Gasteiger partial charge in [0.05, 0.1) is 28.2 Å². The molecule has 6 heteroatoms. The van der Waals surface area contributed by atoms with Gasteiger partial charge in [-0.3, -0.25) is 4.57 Å². The molecule has 0 bridgehead atoms. The molecule has 2 aromatic carbocycles. The highest BCUT2D eigenvalue weighted by atomic mass is 19.4. The minimum atomic E-state index is -4.41. The van der Waals surface area contributed by atoms with Crippen molar-refractivity contribution in [2.45, 2.75) is 6.18 Å². The second-order valence-corrected chi connectivity index (χ2v) is 5.60. The first kappa shape index (κ1) is 15.2. The quantitative estimate of drug-likeness (QED) is 0.487. The summed E-state index contributed by atoms with van der Waals surface area (Å²) in [5.41, 5.74) is 1.08. The molecule has 0 fully saturated rings. The normalized spacial score (nSPS) is 11.8. The average Bonchev–Trinajstić information content (AvgIpc) is 2.95. The third-order valence-corrected chi connectivity index (χ3v) is 4.10. The summed E-state index contributed by atoms with van der Waals surface area (Å²) < 4.78 is 41.0. The van der Waals surface area contributed by atoms with Crippen LogP contribution < -0.4 is 0 Å². The van der Waals surface area contributed by atoms with Gasteiger partial charge in [-0.2, -0.15) is 18.4 Å². The molecule has 25 heavy (non-hydrogen) atoms. The first-order valence-corrected chi connectivity index (χ1v) is 7.46. The fraction of sp³-hybridized carbons (Fsp3) is 0.0526. The summed E-state index contributed by atoms with van der Waals surface area (Å²) in [7, 11) is 0. The Morgan fingerprint density at radius 3 is 2.44 bits per heavy atom. The Bertz CT molecular complexity index is 1150. The van der Waals surface area contributed by atoms with Gasteiger partial charge >= 0.3 is 6.18 Å². The highest BCUT2D eigenvalue weighted by molar-refractivity contribution is 6.09. The number of halogens is 3. The first-order chi connectivity index (χ1) is 12.0. The minimum Gasteiger partial charge on any atom is -0.294 e. The number of para-hydroxylation sites is 1. The van der Waals surface area contributed by atoms with Crippen LogP contribution in [0.25, 0.3) is 27.6 Å². The third kappa shape index (κ3) is 2.41. The molecular weight excluding hydrogens is 327 g/mol. The van der Waals surface area contributed by atoms with Crippen molar-refractivity contribution >= 4 is 21.8 Å². The largest absolute Gasteiger partial charge is 0.416 e. The van der Waals surface area contributed by atoms with Gasteiger partial charge in [0, 0.05) is 17.0 Å². The molecule has 0 aliphatic carbocycles. The number of aromatic nitrogens is 2. The number of hydrogen-bond donors (Lipinski definition) is 0. The Morgan fingerprint density at radius 2 is 1.68 bits per heavy atom. The first-order valence-electron chi connectivity index (χ1n) is 7.46. The van der Waals surface area contributed by atoms with Gasteiger partial charge in [-0.25, -0.2) is 4.98 Å². The molecule has 0 saturated heterocycles. The van der Waals surface area contributed by atoms with E-state index < -0.39 is 11.7 Å². The second kappa shape index (κ2) is 5.35. The smallest absolute Gasteiger partial charge is 0.294 e. The summed E-state index contributed by atoms with van der Waals surface area (Å²) in [6.45, 7) is 0. The van der Waals surface area contributed by atoms with Crippen molar-refractivity contribution in [1.82, 2.24) is 9.55 Å². The van der Waals surface area contributed by atoms with Gasteiger partial charge in [0.25, 0.3) is 0 Å². The second-order valence-electron chi connectivity index (χ2n) is 5.60. The fourth-order valence-electron chi connectivity index (χ4n) is 3.01. The number of benzene rings is 2. The number of nitriles is 1. The zero-order chi connectivity index (χ0) is 17.6. The van der Waals surface area contributed by atoms with Crippen LogP contribution in [-0.4, -0.2) is 9.55 Å². The van der Waals surface area contributed by atoms with Crippen molar-refractivity contribution in [2.24, 2.45) is 0 Å². The standard InChI is InChI=1S/C19H10F3N3/c20-19(21,22)13-5-6-17-15(10-13)14-3-1-2-4-16(14)25(17)18-9-12(11-23)7-8-24-18/h1-10H. The minimum absolute atomic E-state index is 0.433. The van der Waals surface area contributed by atoms with Gasteiger partial charge in [-0.05, 0) is 36.4 Å². The highest BCUT2D eigenvalue weighted by Gasteiger charge is 2.31. The van der Waals surface area contributed by atoms with Crippen LogP contribution in [0, 0.1) is 11.3 Å². The highest BCUT2D eigenvalue weighted by Crippen LogP contribution is 2.36. The van der Waals surface area contributed by atoms with Crippen molar-refractivity contribution in [2.75, 3.05) is 0 Å². The van der Waals surface area contributed by atoms with Crippen molar-refractivity contribution < 1.29 is 13.2 Å². The van der Waals surface area contributed by atoms with E-state index in [1.54, 1.807) is 28.8 Å². The van der Waals surface area contributed by atoms with Gasteiger partial charge in [0.2, 0.25) is 0 Å². The summed E-state index contributed by atoms with van der Waals surface area (Å²) >= 11 is 0. The number of hydrogen-bond acceptors (Lipinski definition) is 2. The molecule has 0 unspecified atom stereocenters. The molecule has 0 aliphatic rings. The number of rotatable bonds is 1. The molecule has 3 nitrogen and oxygen atoms in total. The van der Waals surface area contributed by atoms with Gasteiger partial charge in [0.15, 0.2) is 0 Å². The molecule has 2 aromatic heterocycles. The van der Waals surface area contributed by atoms with E-state index in [-0.39, 0.29) is 0 Å². The summed E-state index contributed by atoms with van der Waals surface area (Å²) in [6.07, 6.45) is -2.89. The van der Waals surface area contributed by atoms with E-state index in [0.717, 1.165) is 17.6 Å². The summed E-state index contributed by atoms with van der Waals surface area (Å²) in [5.74, 6) is 0.491. The summed E-state index contributed by atoms with van der Waals surface area (Å²) in [6, 6.07) is 16.1. The molecule has 0 amide bonds. The van der Waals surface area contributed by atoms with Crippen LogP contribution in [0.1, 0.15) is 11.1 Å². The lowest BCUT2D eigenvalue weighted by molar-refractivity contribution is -0.137. The molecule has 122 valence electrons. The maximum absolute atomic E-state index is 13.1. The fourth-order valence-corrected chi connectivity index (χ4v) is 3.01. The van der Waals surface area contributed by atoms with Crippen molar-refractivity contribution in [3.63, 3.8) is 0 Å². The summed E-state index contributed by atoms with van der Waals surface area (Å²) in [5, 5.41) is 10.3. The van der Waals surface area contributed by atoms with Crippen LogP contribution in [0.3, 0.4) is 0 Å². The lowest BCUT2D eigenvalue weighted by Gasteiger charge is -2.08. The SMILES string of the molecule is N#Cc1ccnc(-n2c3ccccc3c3cc(C(F)(F)F)ccc32)c1. The van der Waals surface area contributed by atoms with E-state index in [1.807, 2.05) is 12.1 Å². The van der Waals surface area contributed by atoms with Gasteiger partial charge in [0.1, 0.15) is 5.82 Å². The van der Waals surface area contributed by atoms with E-state index >= 15 is 0 Å². The molecule has 0 radical (unpaired) electrons. The average molecular weight is 337 g/mol. The zero-order valence-electron chi connectivity index (χ0n) is 12.7. The monoisotopic (exact) mass is 337 g/mol. The maximum atomic E-state index is 13.1. The molecule has 0 N–H and O–H groups in total. The van der Waals surface area contributed by atoms with Crippen LogP contribution in [0.5, 0.6) is 0 Å². The predicted molar refractivity (Wildman–Crippen MR) is 88.3 cm³/mol. The lowest BCUT2D eigenvalue weighted by atomic mass is 10.1. The zero-order valence-corrected chi connectivity index (χ0v) is 12.7. The maximum Gasteiger partial charge on any atom is 0.416 e. The van der Waals surface area contributed by atoms with E-state index in [2.05, 4.69) is 11.1 Å². The Balaban J connectivity index is 2.11. The van der Waals surface area contributed by atoms with Gasteiger partial charge < -0.3 is 0 Å². The third-order valence-electron chi connectivity index (χ3n) is 4.10. The van der Waals surface area contributed by atoms with Crippen LogP contribution >= 0.6 is 0 Å². The van der Waals surface area contributed by atoms with Crippen LogP contribution in [-0.2, 0) is 6.18 Å². The molecule has 0 saturated carbocycles. The molecule has 4 rings (SSSR count). The van der Waals surface area contributed by atoms with Crippen molar-refractivity contribution in [1.29, 1.82) is 5.26 Å². The molecule has 0 spiro atoms. The van der Waals surface area contributed by atoms with E-state index in [9.17, 15) is 13.2 Å². The number of nitrogens with zero attached hydrogens (tertiary/aromatic N) is 3. The van der Waals surface area contributed by atoms with Crippen LogP contribution in [0.2, 0.25) is 0 Å². The Hall–Kier alpha value is -3.33. The Kier molecular flexibility index (Phi) is 3.25. The number of fused-ring (bicyclic) bond motifs is 3. The topological polar surface area (TPSA) is 41.6 Å². The molecular formula is C19H10F3N3. The predicted octanol–water partition coefficient (Wildman–Crippen LogP) is 5.07. The number of alkyl halides is 3. The molecule has 4 aromatic rings. The van der Waals surface area contributed by atoms with Crippen molar-refractivity contribution in [3.05, 3.63) is 71.9 Å². The molecule has 2 heterocycles. The Labute approximate surface area is 140 Å². The number of pyridine rings is 1. The summed E-state index contributed by atoms with van der Waals surface area (Å²) in [4.78, 5) is 4.29. The lowest BCUT2D eigenvalue weighted by Crippen LogP contribution is -2.04. The van der Waals surface area contributed by atoms with E-state index in [4.69, 9.17) is 5.26 Å². The van der Waals surface area contributed by atoms with Crippen LogP contribution in [0.4, 0.5) is 13.2 Å². The molecule has 0 aliphatic heterocycles. The molecule has 0 atom stereocenters. The van der Waals surface area contributed by atoms with Crippen molar-refractivity contribution in [3.8, 4) is 11.9 Å². The van der Waals surface area contributed by atoms with Gasteiger partial charge in [-0.1, -0.05) is 18.2 Å². The van der Waals surface area contributed by atoms with E-state index in [1.165, 1.54) is 12.3 Å². The van der Waals surface area contributed by atoms with Crippen LogP contribution in [0.15, 0.2) is 60.8 Å². The Morgan fingerprint density at radius 1 is 0.920 bits per heavy atom. The van der Waals surface area contributed by atoms with E-state index in [0.29, 0.717) is 27.7 Å².